The van der Waals surface area contributed by atoms with Gasteiger partial charge in [0.2, 0.25) is 0 Å². The molecular weight excluding hydrogens is 867 g/mol. The van der Waals surface area contributed by atoms with Crippen molar-refractivity contribution in [1.82, 2.24) is 4.57 Å². The van der Waals surface area contributed by atoms with E-state index in [1.54, 1.807) is 0 Å². The average molecular weight is 922 g/mol. The highest BCUT2D eigenvalue weighted by Crippen LogP contribution is 2.68. The molecule has 0 N–H and O–H groups in total. The second-order valence-electron chi connectivity index (χ2n) is 22.4. The molecule has 0 saturated heterocycles. The van der Waals surface area contributed by atoms with Gasteiger partial charge in [-0.25, -0.2) is 0 Å². The van der Waals surface area contributed by atoms with E-state index < -0.39 is 0 Å². The van der Waals surface area contributed by atoms with E-state index in [-0.39, 0.29) is 16.2 Å². The first kappa shape index (κ1) is 42.6. The molecule has 13 aromatic rings. The van der Waals surface area contributed by atoms with Crippen LogP contribution < -0.4 is 0 Å². The topological polar surface area (TPSA) is 4.93 Å². The third-order valence-electron chi connectivity index (χ3n) is 16.6. The van der Waals surface area contributed by atoms with E-state index in [4.69, 9.17) is 0 Å². The molecule has 1 aliphatic rings. The lowest BCUT2D eigenvalue weighted by molar-refractivity contribution is 0.0977. The van der Waals surface area contributed by atoms with Crippen LogP contribution in [0, 0.1) is 10.8 Å². The van der Waals surface area contributed by atoms with Crippen LogP contribution in [-0.4, -0.2) is 4.57 Å². The lowest BCUT2D eigenvalue weighted by atomic mass is 9.49. The number of hydrogen-bond donors (Lipinski definition) is 0. The molecule has 344 valence electrons. The summed E-state index contributed by atoms with van der Waals surface area (Å²) in [6.07, 6.45) is 0. The molecule has 0 saturated carbocycles. The van der Waals surface area contributed by atoms with Crippen LogP contribution in [0.2, 0.25) is 0 Å². The first-order valence-corrected chi connectivity index (χ1v) is 25.7. The van der Waals surface area contributed by atoms with Crippen LogP contribution in [0.15, 0.2) is 224 Å². The summed E-state index contributed by atoms with van der Waals surface area (Å²) < 4.78 is 2.40. The molecule has 72 heavy (non-hydrogen) atoms. The molecular formula is C71H55N. The van der Waals surface area contributed by atoms with Gasteiger partial charge in [0, 0.05) is 21.9 Å². The summed E-state index contributed by atoms with van der Waals surface area (Å²) in [5.74, 6) is 0. The number of para-hydroxylation sites is 2. The summed E-state index contributed by atoms with van der Waals surface area (Å²) in [7, 11) is 0. The van der Waals surface area contributed by atoms with Crippen molar-refractivity contribution in [3.05, 3.63) is 236 Å². The Morgan fingerprint density at radius 2 is 0.750 bits per heavy atom. The first-order chi connectivity index (χ1) is 35.0. The fourth-order valence-electron chi connectivity index (χ4n) is 14.2. The summed E-state index contributed by atoms with van der Waals surface area (Å²) in [5.41, 5.74) is 16.3. The summed E-state index contributed by atoms with van der Waals surface area (Å²) in [5, 5.41) is 15.6. The van der Waals surface area contributed by atoms with Crippen molar-refractivity contribution in [3.8, 4) is 50.2 Å². The SMILES string of the molecule is CC(C)(C)C1(C(C)(C)C)c2c(ccc3cc(-c4ccc(-c5c6ccccc6c(-c6ccc7c(c6)c6ccccc6n7-c6ccccc6)c6ccccc56)cc4)ccc23)-c2c1c1ccccc1c1ccccc21. The van der Waals surface area contributed by atoms with Gasteiger partial charge in [0.05, 0.1) is 11.0 Å². The van der Waals surface area contributed by atoms with Gasteiger partial charge in [0.1, 0.15) is 0 Å². The molecule has 1 heteroatoms. The molecule has 0 bridgehead atoms. The molecule has 0 spiro atoms. The summed E-state index contributed by atoms with van der Waals surface area (Å²) >= 11 is 0. The molecule has 1 heterocycles. The number of fused-ring (bicyclic) bond motifs is 15. The Hall–Kier alpha value is -8.26. The van der Waals surface area contributed by atoms with Crippen LogP contribution in [0.5, 0.6) is 0 Å². The van der Waals surface area contributed by atoms with E-state index in [1.165, 1.54) is 137 Å². The molecule has 0 amide bonds. The van der Waals surface area contributed by atoms with Gasteiger partial charge in [-0.05, 0) is 157 Å². The van der Waals surface area contributed by atoms with Crippen LogP contribution in [0.3, 0.4) is 0 Å². The van der Waals surface area contributed by atoms with Crippen LogP contribution in [0.4, 0.5) is 0 Å². The molecule has 0 radical (unpaired) electrons. The van der Waals surface area contributed by atoms with Gasteiger partial charge in [-0.2, -0.15) is 0 Å². The molecule has 1 aliphatic carbocycles. The van der Waals surface area contributed by atoms with E-state index in [9.17, 15) is 0 Å². The van der Waals surface area contributed by atoms with Crippen molar-refractivity contribution in [2.75, 3.05) is 0 Å². The van der Waals surface area contributed by atoms with Crippen LogP contribution in [-0.2, 0) is 5.41 Å². The quantitative estimate of drug-likeness (QED) is 0.122. The van der Waals surface area contributed by atoms with Gasteiger partial charge >= 0.3 is 0 Å². The average Bonchev–Trinajstić information content (AvgIpc) is 3.93. The number of nitrogens with zero attached hydrogens (tertiary/aromatic N) is 1. The standard InChI is InChI=1S/C71H55N/c1-69(2,3)71(70(4,5)6)67-50-39-36-46(42-47(50)37-40-60(67)66-54-25-12-10-22-51(54)52-23-11-17-30-59(52)68(66)71)44-32-34-45(35-33-44)64-55-26-13-15-28-57(55)65(58-29-16-14-27-56(58)64)48-38-41-63-61(43-48)53-24-18-19-31-62(53)72(63)49-20-8-7-9-21-49/h7-43H,1-6H3. The predicted molar refractivity (Wildman–Crippen MR) is 310 cm³/mol. The zero-order valence-corrected chi connectivity index (χ0v) is 41.8. The van der Waals surface area contributed by atoms with E-state index in [0.717, 1.165) is 0 Å². The Kier molecular flexibility index (Phi) is 9.09. The lowest BCUT2D eigenvalue weighted by Crippen LogP contribution is -2.50. The van der Waals surface area contributed by atoms with Gasteiger partial charge < -0.3 is 4.57 Å². The van der Waals surface area contributed by atoms with Gasteiger partial charge in [-0.15, -0.1) is 0 Å². The number of benzene rings is 12. The molecule has 0 unspecified atom stereocenters. The monoisotopic (exact) mass is 921 g/mol. The van der Waals surface area contributed by atoms with Gasteiger partial charge in [-0.3, -0.25) is 0 Å². The summed E-state index contributed by atoms with van der Waals surface area (Å²) in [6.45, 7) is 14.8. The Morgan fingerprint density at radius 1 is 0.292 bits per heavy atom. The highest BCUT2D eigenvalue weighted by Gasteiger charge is 2.59. The Balaban J connectivity index is 0.909. The minimum absolute atomic E-state index is 0.107. The minimum atomic E-state index is -0.284. The Labute approximate surface area is 421 Å². The van der Waals surface area contributed by atoms with Crippen molar-refractivity contribution in [2.24, 2.45) is 10.8 Å². The molecule has 0 aliphatic heterocycles. The number of rotatable bonds is 4. The van der Waals surface area contributed by atoms with Gasteiger partial charge in [0.15, 0.2) is 0 Å². The second-order valence-corrected chi connectivity index (χ2v) is 22.4. The molecule has 0 atom stereocenters. The zero-order chi connectivity index (χ0) is 48.7. The van der Waals surface area contributed by atoms with Crippen molar-refractivity contribution in [1.29, 1.82) is 0 Å². The third-order valence-corrected chi connectivity index (χ3v) is 16.6. The van der Waals surface area contributed by atoms with Crippen LogP contribution >= 0.6 is 0 Å². The maximum atomic E-state index is 2.47. The number of aromatic nitrogens is 1. The molecule has 14 rings (SSSR count). The Morgan fingerprint density at radius 3 is 1.36 bits per heavy atom. The van der Waals surface area contributed by atoms with Crippen molar-refractivity contribution in [3.63, 3.8) is 0 Å². The molecule has 0 fully saturated rings. The normalized spacial score (nSPS) is 13.5. The number of hydrogen-bond acceptors (Lipinski definition) is 0. The van der Waals surface area contributed by atoms with Crippen LogP contribution in [0.25, 0.3) is 126 Å². The lowest BCUT2D eigenvalue weighted by Gasteiger charge is -2.54. The largest absolute Gasteiger partial charge is 0.309 e. The maximum Gasteiger partial charge on any atom is 0.0541 e. The van der Waals surface area contributed by atoms with E-state index in [1.807, 2.05) is 0 Å². The smallest absolute Gasteiger partial charge is 0.0541 e. The van der Waals surface area contributed by atoms with Crippen LogP contribution in [0.1, 0.15) is 52.7 Å². The second kappa shape index (κ2) is 15.4. The first-order valence-electron chi connectivity index (χ1n) is 25.7. The fraction of sp³-hybridized carbons (Fsp3) is 0.127. The molecule has 1 nitrogen and oxygen atoms in total. The highest BCUT2D eigenvalue weighted by atomic mass is 15.0. The zero-order valence-electron chi connectivity index (χ0n) is 41.8. The minimum Gasteiger partial charge on any atom is -0.309 e. The van der Waals surface area contributed by atoms with E-state index >= 15 is 0 Å². The summed E-state index contributed by atoms with van der Waals surface area (Å²) in [4.78, 5) is 0. The fourth-order valence-corrected chi connectivity index (χ4v) is 14.2. The van der Waals surface area contributed by atoms with Crippen molar-refractivity contribution < 1.29 is 0 Å². The molecule has 1 aromatic heterocycles. The van der Waals surface area contributed by atoms with E-state index in [2.05, 4.69) is 271 Å². The van der Waals surface area contributed by atoms with Gasteiger partial charge in [0.25, 0.3) is 0 Å². The van der Waals surface area contributed by atoms with E-state index in [0.29, 0.717) is 0 Å². The van der Waals surface area contributed by atoms with Crippen molar-refractivity contribution in [2.45, 2.75) is 47.0 Å². The predicted octanol–water partition coefficient (Wildman–Crippen LogP) is 19.9. The Bertz CT molecular complexity index is 4310. The maximum absolute atomic E-state index is 2.47. The van der Waals surface area contributed by atoms with Crippen molar-refractivity contribution >= 4 is 75.7 Å². The molecule has 12 aromatic carbocycles. The van der Waals surface area contributed by atoms with Gasteiger partial charge in [-0.1, -0.05) is 230 Å². The third kappa shape index (κ3) is 5.83. The summed E-state index contributed by atoms with van der Waals surface area (Å²) in [6, 6.07) is 84.3. The highest BCUT2D eigenvalue weighted by molar-refractivity contribution is 6.23.